The van der Waals surface area contributed by atoms with Gasteiger partial charge in [0.2, 0.25) is 11.9 Å². The zero-order valence-electron chi connectivity index (χ0n) is 52.5. The molecular weight excluding hydrogens is 1170 g/mol. The summed E-state index contributed by atoms with van der Waals surface area (Å²) in [4.78, 5) is 19.7. The molecule has 18 aromatic rings. The second-order valence-electron chi connectivity index (χ2n) is 24.3. The van der Waals surface area contributed by atoms with Gasteiger partial charge < -0.3 is 4.74 Å². The molecule has 0 unspecified atom stereocenters. The van der Waals surface area contributed by atoms with Crippen molar-refractivity contribution in [2.75, 3.05) is 0 Å². The van der Waals surface area contributed by atoms with Gasteiger partial charge >= 0.3 is 0 Å². The van der Waals surface area contributed by atoms with E-state index in [0.29, 0.717) is 11.9 Å². The Morgan fingerprint density at radius 3 is 1.25 bits per heavy atom. The van der Waals surface area contributed by atoms with Gasteiger partial charge in [-0.1, -0.05) is 267 Å². The number of ether oxygens (including phenoxy) is 1. The van der Waals surface area contributed by atoms with Crippen LogP contribution in [0.4, 0.5) is 0 Å². The highest BCUT2D eigenvalue weighted by Gasteiger charge is 2.19. The Morgan fingerprint density at radius 2 is 0.646 bits per heavy atom. The van der Waals surface area contributed by atoms with Crippen LogP contribution < -0.4 is 4.74 Å². The van der Waals surface area contributed by atoms with Gasteiger partial charge in [0.25, 0.3) is 0 Å². The maximum absolute atomic E-state index is 6.05. The molecule has 4 heterocycles. The monoisotopic (exact) mass is 1230 g/mol. The minimum absolute atomic E-state index is 0.638. The lowest BCUT2D eigenvalue weighted by atomic mass is 9.95. The number of rotatable bonds is 11. The van der Waals surface area contributed by atoms with E-state index >= 15 is 0 Å². The number of aryl methyl sites for hydroxylation is 1. The number of benzene rings is 14. The Bertz CT molecular complexity index is 5850. The fourth-order valence-electron chi connectivity index (χ4n) is 13.5. The molecule has 96 heavy (non-hydrogen) atoms. The molecule has 0 aliphatic carbocycles. The SMILES string of the molecule is Cc1cc(-c2ccccc2)ccc1-c1ccc(-c2cnc(-n3c4ccccc4c4ccc5ccccc5c43)nc2)cc1.c1ccc(Oc2ccc(-c3ccc4c(c3)c3cc5ccccc5cc3n4-c3ncc(-c4ccc(-c5ccc(-c6ccccc6)cc5)cc4)cn3)cc2)cc1. The van der Waals surface area contributed by atoms with E-state index < -0.39 is 0 Å². The molecule has 0 amide bonds. The summed E-state index contributed by atoms with van der Waals surface area (Å²) in [5.41, 5.74) is 21.7. The van der Waals surface area contributed by atoms with Crippen molar-refractivity contribution < 1.29 is 4.74 Å². The maximum atomic E-state index is 6.05. The second kappa shape index (κ2) is 24.7. The summed E-state index contributed by atoms with van der Waals surface area (Å²) in [6, 6.07) is 113. The Kier molecular flexibility index (Phi) is 14.7. The predicted molar refractivity (Wildman–Crippen MR) is 397 cm³/mol. The summed E-state index contributed by atoms with van der Waals surface area (Å²) in [7, 11) is 0. The molecule has 18 rings (SSSR count). The lowest BCUT2D eigenvalue weighted by molar-refractivity contribution is 0.483. The molecule has 0 bridgehead atoms. The average Bonchev–Trinajstić information content (AvgIpc) is 1.58. The number of fused-ring (bicyclic) bond motifs is 9. The standard InChI is InChI=1S/C50H33N3O.C39H27N3/c1-3-9-34(10-4-1)35-15-17-36(18-16-35)37-19-21-39(22-20-37)43-32-51-50(52-33-43)53-48-28-25-42(38-23-26-45(27-24-38)54-44-13-5-2-6-14-44)30-46(48)47-29-40-11-7-8-12-41(40)31-49(47)53;1-26-23-31(27-9-3-2-4-10-27)20-21-33(26)30-17-15-28(16-18-30)32-24-40-39(41-25-32)42-37-14-8-7-13-35(37)36-22-19-29-11-5-6-12-34(29)38(36)42/h1-33H;2-25H,1H3. The van der Waals surface area contributed by atoms with Crippen LogP contribution in [0.25, 0.3) is 155 Å². The maximum Gasteiger partial charge on any atom is 0.234 e. The van der Waals surface area contributed by atoms with Gasteiger partial charge in [-0.2, -0.15) is 0 Å². The molecular formula is C89H60N6O. The van der Waals surface area contributed by atoms with Crippen LogP contribution in [0.3, 0.4) is 0 Å². The quantitative estimate of drug-likeness (QED) is 0.129. The van der Waals surface area contributed by atoms with Crippen LogP contribution in [0.2, 0.25) is 0 Å². The summed E-state index contributed by atoms with van der Waals surface area (Å²) < 4.78 is 10.4. The minimum Gasteiger partial charge on any atom is -0.457 e. The molecule has 7 nitrogen and oxygen atoms in total. The zero-order chi connectivity index (χ0) is 63.9. The van der Waals surface area contributed by atoms with Crippen molar-refractivity contribution in [1.82, 2.24) is 29.1 Å². The number of hydrogen-bond acceptors (Lipinski definition) is 5. The number of hydrogen-bond donors (Lipinski definition) is 0. The van der Waals surface area contributed by atoms with Crippen LogP contribution in [0.5, 0.6) is 11.5 Å². The number of aromatic nitrogens is 6. The highest BCUT2D eigenvalue weighted by atomic mass is 16.5. The summed E-state index contributed by atoms with van der Waals surface area (Å²) in [5, 5.41) is 9.50. The zero-order valence-corrected chi connectivity index (χ0v) is 52.5. The first-order chi connectivity index (χ1) is 47.5. The fraction of sp³-hybridized carbons (Fsp3) is 0.0112. The molecule has 0 saturated heterocycles. The Labute approximate surface area is 555 Å². The lowest BCUT2D eigenvalue weighted by Gasteiger charge is -2.11. The van der Waals surface area contributed by atoms with Crippen LogP contribution in [0.1, 0.15) is 5.56 Å². The van der Waals surface area contributed by atoms with Gasteiger partial charge in [-0.3, -0.25) is 9.13 Å². The van der Waals surface area contributed by atoms with E-state index in [-0.39, 0.29) is 0 Å². The first-order valence-corrected chi connectivity index (χ1v) is 32.4. The van der Waals surface area contributed by atoms with Crippen LogP contribution in [0, 0.1) is 6.92 Å². The molecule has 7 heteroatoms. The molecule has 0 aliphatic rings. The number of para-hydroxylation sites is 2. The van der Waals surface area contributed by atoms with Gasteiger partial charge in [0, 0.05) is 62.8 Å². The number of nitrogens with zero attached hydrogens (tertiary/aromatic N) is 6. The van der Waals surface area contributed by atoms with Gasteiger partial charge in [-0.05, 0) is 150 Å². The first-order valence-electron chi connectivity index (χ1n) is 32.4. The molecule has 0 aliphatic heterocycles. The van der Waals surface area contributed by atoms with Crippen molar-refractivity contribution in [2.24, 2.45) is 0 Å². The van der Waals surface area contributed by atoms with Crippen LogP contribution in [-0.2, 0) is 0 Å². The smallest absolute Gasteiger partial charge is 0.234 e. The molecule has 0 spiro atoms. The van der Waals surface area contributed by atoms with Crippen molar-refractivity contribution in [3.8, 4) is 101 Å². The van der Waals surface area contributed by atoms with Gasteiger partial charge in [-0.15, -0.1) is 0 Å². The molecule has 0 radical (unpaired) electrons. The van der Waals surface area contributed by atoms with Gasteiger partial charge in [0.05, 0.1) is 22.1 Å². The van der Waals surface area contributed by atoms with Crippen LogP contribution in [-0.4, -0.2) is 29.1 Å². The first kappa shape index (κ1) is 57.1. The molecule has 0 fully saturated rings. The summed E-state index contributed by atoms with van der Waals surface area (Å²) >= 11 is 0. The normalized spacial score (nSPS) is 11.4. The predicted octanol–water partition coefficient (Wildman–Crippen LogP) is 23.2. The largest absolute Gasteiger partial charge is 0.457 e. The Balaban J connectivity index is 0.000000150. The summed E-state index contributed by atoms with van der Waals surface area (Å²) in [5.74, 6) is 2.94. The van der Waals surface area contributed by atoms with E-state index in [1.807, 2.05) is 73.3 Å². The molecule has 0 N–H and O–H groups in total. The van der Waals surface area contributed by atoms with Crippen LogP contribution >= 0.6 is 0 Å². The van der Waals surface area contributed by atoms with Crippen molar-refractivity contribution >= 4 is 65.2 Å². The summed E-state index contributed by atoms with van der Waals surface area (Å²) in [6.07, 6.45) is 7.72. The molecule has 14 aromatic carbocycles. The average molecular weight is 1230 g/mol. The van der Waals surface area contributed by atoms with Gasteiger partial charge in [0.1, 0.15) is 11.5 Å². The van der Waals surface area contributed by atoms with E-state index in [9.17, 15) is 0 Å². The highest BCUT2D eigenvalue weighted by molar-refractivity contribution is 6.18. The van der Waals surface area contributed by atoms with E-state index in [1.165, 1.54) is 82.4 Å². The van der Waals surface area contributed by atoms with Crippen LogP contribution in [0.15, 0.2) is 346 Å². The molecule has 4 aromatic heterocycles. The Morgan fingerprint density at radius 1 is 0.240 bits per heavy atom. The van der Waals surface area contributed by atoms with Crippen molar-refractivity contribution in [3.05, 3.63) is 352 Å². The third-order valence-corrected chi connectivity index (χ3v) is 18.4. The van der Waals surface area contributed by atoms with Gasteiger partial charge in [-0.25, -0.2) is 19.9 Å². The Hall–Kier alpha value is -12.8. The topological polar surface area (TPSA) is 70.7 Å². The van der Waals surface area contributed by atoms with E-state index in [0.717, 1.165) is 77.7 Å². The minimum atomic E-state index is 0.638. The van der Waals surface area contributed by atoms with Crippen molar-refractivity contribution in [1.29, 1.82) is 0 Å². The molecule has 0 saturated carbocycles. The van der Waals surface area contributed by atoms with E-state index in [1.54, 1.807) is 0 Å². The fourth-order valence-corrected chi connectivity index (χ4v) is 13.5. The van der Waals surface area contributed by atoms with Gasteiger partial charge in [0.15, 0.2) is 0 Å². The molecule has 452 valence electrons. The van der Waals surface area contributed by atoms with Crippen molar-refractivity contribution in [3.63, 3.8) is 0 Å². The lowest BCUT2D eigenvalue weighted by Crippen LogP contribution is -2.01. The second-order valence-corrected chi connectivity index (χ2v) is 24.3. The third-order valence-electron chi connectivity index (χ3n) is 18.4. The van der Waals surface area contributed by atoms with E-state index in [2.05, 4.69) is 289 Å². The third kappa shape index (κ3) is 10.9. The van der Waals surface area contributed by atoms with Crippen molar-refractivity contribution in [2.45, 2.75) is 6.92 Å². The highest BCUT2D eigenvalue weighted by Crippen LogP contribution is 2.40. The van der Waals surface area contributed by atoms with E-state index in [4.69, 9.17) is 24.7 Å². The summed E-state index contributed by atoms with van der Waals surface area (Å²) in [6.45, 7) is 2.18. The molecule has 0 atom stereocenters.